The first-order chi connectivity index (χ1) is 5.81. The average Bonchev–Trinajstić information content (AvgIpc) is 2.44. The summed E-state index contributed by atoms with van der Waals surface area (Å²) in [5.41, 5.74) is 0.699. The summed E-state index contributed by atoms with van der Waals surface area (Å²) in [5.74, 6) is 1.35. The molecule has 2 rings (SSSR count). The monoisotopic (exact) mass is 164 g/mol. The van der Waals surface area contributed by atoms with Gasteiger partial charge in [0.1, 0.15) is 12.2 Å². The molecule has 0 bridgehead atoms. The Labute approximate surface area is 69.0 Å². The summed E-state index contributed by atoms with van der Waals surface area (Å²) in [6.45, 7) is 1.83. The number of hydrogen-bond donors (Lipinski definition) is 0. The van der Waals surface area contributed by atoms with Gasteiger partial charge in [-0.25, -0.2) is 9.97 Å². The van der Waals surface area contributed by atoms with Crippen molar-refractivity contribution in [3.05, 3.63) is 18.3 Å². The molecule has 0 N–H and O–H groups in total. The van der Waals surface area contributed by atoms with E-state index in [-0.39, 0.29) is 0 Å². The molecule has 0 aliphatic carbocycles. The molecule has 5 nitrogen and oxygen atoms in total. The number of fused-ring (bicyclic) bond motifs is 1. The first-order valence-electron chi connectivity index (χ1n) is 3.52. The van der Waals surface area contributed by atoms with Gasteiger partial charge in [0.05, 0.1) is 13.3 Å². The number of aryl methyl sites for hydroxylation is 1. The summed E-state index contributed by atoms with van der Waals surface area (Å²) in [5, 5.41) is 4.08. The van der Waals surface area contributed by atoms with Crippen LogP contribution in [0.25, 0.3) is 5.65 Å². The van der Waals surface area contributed by atoms with Crippen molar-refractivity contribution in [2.45, 2.75) is 6.92 Å². The molecule has 0 radical (unpaired) electrons. The summed E-state index contributed by atoms with van der Waals surface area (Å²) in [7, 11) is 1.58. The van der Waals surface area contributed by atoms with E-state index >= 15 is 0 Å². The number of methoxy groups -OCH3 is 1. The minimum atomic E-state index is 0.637. The van der Waals surface area contributed by atoms with E-state index in [1.54, 1.807) is 24.1 Å². The zero-order valence-electron chi connectivity index (χ0n) is 6.85. The van der Waals surface area contributed by atoms with Crippen LogP contribution in [0.4, 0.5) is 0 Å². The van der Waals surface area contributed by atoms with Gasteiger partial charge in [0.2, 0.25) is 5.65 Å². The van der Waals surface area contributed by atoms with Crippen LogP contribution in [0, 0.1) is 6.92 Å². The van der Waals surface area contributed by atoms with Crippen LogP contribution in [0.1, 0.15) is 5.82 Å². The van der Waals surface area contributed by atoms with Gasteiger partial charge in [-0.3, -0.25) is 0 Å². The van der Waals surface area contributed by atoms with Crippen molar-refractivity contribution < 1.29 is 4.74 Å². The van der Waals surface area contributed by atoms with Gasteiger partial charge in [0, 0.05) is 0 Å². The maximum atomic E-state index is 5.05. The summed E-state index contributed by atoms with van der Waals surface area (Å²) in [6, 6.07) is 0. The lowest BCUT2D eigenvalue weighted by atomic mass is 10.5. The lowest BCUT2D eigenvalue weighted by Gasteiger charge is -1.97. The highest BCUT2D eigenvalue weighted by molar-refractivity contribution is 5.50. The largest absolute Gasteiger partial charge is 0.491 e. The van der Waals surface area contributed by atoms with E-state index in [0.29, 0.717) is 17.2 Å². The van der Waals surface area contributed by atoms with Gasteiger partial charge in [-0.05, 0) is 6.92 Å². The van der Waals surface area contributed by atoms with Gasteiger partial charge in [-0.1, -0.05) is 0 Å². The maximum absolute atomic E-state index is 5.05. The molecule has 0 aliphatic heterocycles. The van der Waals surface area contributed by atoms with Crippen LogP contribution in [0.3, 0.4) is 0 Å². The first kappa shape index (κ1) is 7.02. The van der Waals surface area contributed by atoms with Crippen LogP contribution >= 0.6 is 0 Å². The third-order valence-corrected chi connectivity index (χ3v) is 1.55. The Bertz CT molecular complexity index is 409. The number of nitrogens with zero attached hydrogens (tertiary/aromatic N) is 4. The van der Waals surface area contributed by atoms with Gasteiger partial charge >= 0.3 is 0 Å². The van der Waals surface area contributed by atoms with Crippen LogP contribution in [-0.4, -0.2) is 26.7 Å². The molecule has 2 aromatic heterocycles. The molecule has 0 aromatic carbocycles. The molecule has 0 aliphatic rings. The van der Waals surface area contributed by atoms with Crippen molar-refractivity contribution in [3.63, 3.8) is 0 Å². The summed E-state index contributed by atoms with van der Waals surface area (Å²) >= 11 is 0. The van der Waals surface area contributed by atoms with E-state index in [2.05, 4.69) is 15.1 Å². The lowest BCUT2D eigenvalue weighted by molar-refractivity contribution is 0.414. The summed E-state index contributed by atoms with van der Waals surface area (Å²) < 4.78 is 6.65. The third kappa shape index (κ3) is 0.903. The molecule has 2 aromatic rings. The molecular formula is C7H8N4O. The maximum Gasteiger partial charge on any atom is 0.201 e. The topological polar surface area (TPSA) is 52.3 Å². The van der Waals surface area contributed by atoms with Crippen LogP contribution in [0.2, 0.25) is 0 Å². The SMILES string of the molecule is COc1cncn2nc(C)nc12. The van der Waals surface area contributed by atoms with E-state index in [1.807, 2.05) is 6.92 Å². The fourth-order valence-corrected chi connectivity index (χ4v) is 1.04. The molecular weight excluding hydrogens is 156 g/mol. The Morgan fingerprint density at radius 2 is 2.33 bits per heavy atom. The Morgan fingerprint density at radius 3 is 3.08 bits per heavy atom. The van der Waals surface area contributed by atoms with Crippen molar-refractivity contribution in [1.29, 1.82) is 0 Å². The first-order valence-corrected chi connectivity index (χ1v) is 3.52. The highest BCUT2D eigenvalue weighted by Gasteiger charge is 2.04. The Balaban J connectivity index is 2.78. The predicted molar refractivity (Wildman–Crippen MR) is 42.1 cm³/mol. The minimum Gasteiger partial charge on any atom is -0.491 e. The second-order valence-electron chi connectivity index (χ2n) is 2.39. The molecule has 0 fully saturated rings. The number of rotatable bonds is 1. The quantitative estimate of drug-likeness (QED) is 0.613. The number of ether oxygens (including phenoxy) is 1. The lowest BCUT2D eigenvalue weighted by Crippen LogP contribution is -1.92. The van der Waals surface area contributed by atoms with Crippen LogP contribution in [-0.2, 0) is 0 Å². The smallest absolute Gasteiger partial charge is 0.201 e. The van der Waals surface area contributed by atoms with E-state index in [4.69, 9.17) is 4.74 Å². The molecule has 0 saturated carbocycles. The highest BCUT2D eigenvalue weighted by Crippen LogP contribution is 2.14. The van der Waals surface area contributed by atoms with Crippen molar-refractivity contribution >= 4 is 5.65 Å². The van der Waals surface area contributed by atoms with E-state index in [9.17, 15) is 0 Å². The number of aromatic nitrogens is 4. The van der Waals surface area contributed by atoms with Crippen LogP contribution in [0.5, 0.6) is 5.75 Å². The van der Waals surface area contributed by atoms with E-state index < -0.39 is 0 Å². The molecule has 5 heteroatoms. The predicted octanol–water partition coefficient (Wildman–Crippen LogP) is 0.441. The second kappa shape index (κ2) is 2.44. The molecule has 2 heterocycles. The molecule has 62 valence electrons. The van der Waals surface area contributed by atoms with E-state index in [1.165, 1.54) is 0 Å². The van der Waals surface area contributed by atoms with Gasteiger partial charge in [-0.15, -0.1) is 0 Å². The molecule has 0 amide bonds. The van der Waals surface area contributed by atoms with Gasteiger partial charge in [0.15, 0.2) is 5.75 Å². The van der Waals surface area contributed by atoms with Crippen molar-refractivity contribution in [3.8, 4) is 5.75 Å². The third-order valence-electron chi connectivity index (χ3n) is 1.55. The Kier molecular flexibility index (Phi) is 1.43. The Hall–Kier alpha value is -1.65. The summed E-state index contributed by atoms with van der Waals surface area (Å²) in [6.07, 6.45) is 3.21. The van der Waals surface area contributed by atoms with Crippen LogP contribution in [0.15, 0.2) is 12.5 Å². The van der Waals surface area contributed by atoms with Crippen LogP contribution < -0.4 is 4.74 Å². The van der Waals surface area contributed by atoms with E-state index in [0.717, 1.165) is 0 Å². The summed E-state index contributed by atoms with van der Waals surface area (Å²) in [4.78, 5) is 8.10. The molecule has 0 saturated heterocycles. The average molecular weight is 164 g/mol. The normalized spacial score (nSPS) is 10.5. The minimum absolute atomic E-state index is 0.637. The zero-order chi connectivity index (χ0) is 8.55. The van der Waals surface area contributed by atoms with Gasteiger partial charge < -0.3 is 4.74 Å². The van der Waals surface area contributed by atoms with Crippen molar-refractivity contribution in [2.24, 2.45) is 0 Å². The standard InChI is InChI=1S/C7H8N4O/c1-5-9-7-6(12-2)3-8-4-11(7)10-5/h3-4H,1-2H3. The second-order valence-corrected chi connectivity index (χ2v) is 2.39. The van der Waals surface area contributed by atoms with Gasteiger partial charge in [-0.2, -0.15) is 9.61 Å². The zero-order valence-corrected chi connectivity index (χ0v) is 6.85. The highest BCUT2D eigenvalue weighted by atomic mass is 16.5. The molecule has 0 spiro atoms. The fourth-order valence-electron chi connectivity index (χ4n) is 1.04. The molecule has 12 heavy (non-hydrogen) atoms. The van der Waals surface area contributed by atoms with Crippen molar-refractivity contribution in [2.75, 3.05) is 7.11 Å². The number of hydrogen-bond acceptors (Lipinski definition) is 4. The molecule has 0 atom stereocenters. The van der Waals surface area contributed by atoms with Gasteiger partial charge in [0.25, 0.3) is 0 Å². The fraction of sp³-hybridized carbons (Fsp3) is 0.286. The Morgan fingerprint density at radius 1 is 1.50 bits per heavy atom. The molecule has 0 unspecified atom stereocenters. The van der Waals surface area contributed by atoms with Crippen molar-refractivity contribution in [1.82, 2.24) is 19.6 Å².